The summed E-state index contributed by atoms with van der Waals surface area (Å²) in [6, 6.07) is -0.385. The van der Waals surface area contributed by atoms with E-state index in [1.807, 2.05) is 6.92 Å². The van der Waals surface area contributed by atoms with Gasteiger partial charge in [-0.2, -0.15) is 0 Å². The van der Waals surface area contributed by atoms with Crippen LogP contribution in [0.3, 0.4) is 0 Å². The fraction of sp³-hybridized carbons (Fsp3) is 0.818. The van der Waals surface area contributed by atoms with E-state index in [1.54, 1.807) is 0 Å². The second-order valence-electron chi connectivity index (χ2n) is 4.65. The van der Waals surface area contributed by atoms with Crippen molar-refractivity contribution in [2.24, 2.45) is 0 Å². The van der Waals surface area contributed by atoms with Gasteiger partial charge < -0.3 is 25.6 Å². The summed E-state index contributed by atoms with van der Waals surface area (Å²) in [6.07, 6.45) is 0.438. The molecule has 1 fully saturated rings. The van der Waals surface area contributed by atoms with Crippen molar-refractivity contribution in [1.82, 2.24) is 10.6 Å². The second kappa shape index (κ2) is 6.55. The normalized spacial score (nSPS) is 24.6. The Hall–Kier alpha value is -1.34. The molecule has 0 spiro atoms. The molecule has 2 amide bonds. The van der Waals surface area contributed by atoms with E-state index in [0.717, 1.165) is 12.8 Å². The summed E-state index contributed by atoms with van der Waals surface area (Å²) in [5.74, 6) is -1.29. The van der Waals surface area contributed by atoms with Crippen LogP contribution in [0.1, 0.15) is 26.2 Å². The molecule has 0 aliphatic carbocycles. The number of aliphatic carboxylic acids is 1. The summed E-state index contributed by atoms with van der Waals surface area (Å²) in [5, 5.41) is 22.6. The van der Waals surface area contributed by atoms with E-state index in [4.69, 9.17) is 14.9 Å². The number of carbonyl (C=O) groups excluding carboxylic acids is 1. The zero-order chi connectivity index (χ0) is 13.6. The van der Waals surface area contributed by atoms with Crippen LogP contribution < -0.4 is 10.6 Å². The highest BCUT2D eigenvalue weighted by atomic mass is 16.5. The third-order valence-corrected chi connectivity index (χ3v) is 2.91. The van der Waals surface area contributed by atoms with Crippen molar-refractivity contribution in [1.29, 1.82) is 0 Å². The lowest BCUT2D eigenvalue weighted by molar-refractivity contribution is -0.146. The predicted octanol–water partition coefficient (Wildman–Crippen LogP) is -0.310. The molecule has 0 radical (unpaired) electrons. The zero-order valence-electron chi connectivity index (χ0n) is 10.4. The number of aliphatic hydroxyl groups excluding tert-OH is 1. The molecule has 0 bridgehead atoms. The van der Waals surface area contributed by atoms with E-state index in [2.05, 4.69) is 10.6 Å². The smallest absolute Gasteiger partial charge is 0.332 e. The number of rotatable bonds is 6. The van der Waals surface area contributed by atoms with Gasteiger partial charge in [0.1, 0.15) is 0 Å². The Kier molecular flexibility index (Phi) is 5.36. The number of amides is 2. The minimum atomic E-state index is -1.44. The molecule has 1 unspecified atom stereocenters. The van der Waals surface area contributed by atoms with Crippen molar-refractivity contribution in [2.45, 2.75) is 37.9 Å². The summed E-state index contributed by atoms with van der Waals surface area (Å²) >= 11 is 0. The highest BCUT2D eigenvalue weighted by Gasteiger charge is 2.29. The number of carboxylic acids is 1. The number of hydrogen-bond acceptors (Lipinski definition) is 4. The monoisotopic (exact) mass is 260 g/mol. The van der Waals surface area contributed by atoms with Gasteiger partial charge in [-0.15, -0.1) is 0 Å². The molecule has 104 valence electrons. The quantitative estimate of drug-likeness (QED) is 0.524. The van der Waals surface area contributed by atoms with Crippen molar-refractivity contribution in [2.75, 3.05) is 19.7 Å². The van der Waals surface area contributed by atoms with E-state index in [0.29, 0.717) is 13.2 Å². The van der Waals surface area contributed by atoms with Crippen LogP contribution in [0, 0.1) is 0 Å². The summed E-state index contributed by atoms with van der Waals surface area (Å²) in [6.45, 7) is 3.18. The largest absolute Gasteiger partial charge is 0.479 e. The maximum Gasteiger partial charge on any atom is 0.332 e. The van der Waals surface area contributed by atoms with Gasteiger partial charge in [0, 0.05) is 26.1 Å². The first-order valence-electron chi connectivity index (χ1n) is 5.99. The molecule has 1 aliphatic heterocycles. The predicted molar refractivity (Wildman–Crippen MR) is 63.3 cm³/mol. The minimum Gasteiger partial charge on any atom is -0.479 e. The standard InChI is InChI=1S/C11H20N2O5/c1-11(4-2-6-18-11)7-13-10(17)12-5-3-8(14)9(15)16/h8,14H,2-7H2,1H3,(H,15,16)(H2,12,13,17)/t8-,11?/m0/s1. The van der Waals surface area contributed by atoms with E-state index < -0.39 is 12.1 Å². The fourth-order valence-electron chi connectivity index (χ4n) is 1.75. The zero-order valence-corrected chi connectivity index (χ0v) is 10.4. The van der Waals surface area contributed by atoms with Crippen LogP contribution in [0.15, 0.2) is 0 Å². The lowest BCUT2D eigenvalue weighted by Gasteiger charge is -2.23. The number of ether oxygens (including phenoxy) is 1. The third-order valence-electron chi connectivity index (χ3n) is 2.91. The van der Waals surface area contributed by atoms with E-state index in [-0.39, 0.29) is 24.6 Å². The molecule has 4 N–H and O–H groups in total. The van der Waals surface area contributed by atoms with Gasteiger partial charge in [-0.25, -0.2) is 9.59 Å². The van der Waals surface area contributed by atoms with Gasteiger partial charge in [0.05, 0.1) is 5.60 Å². The highest BCUT2D eigenvalue weighted by Crippen LogP contribution is 2.23. The molecule has 0 aromatic rings. The molecular formula is C11H20N2O5. The van der Waals surface area contributed by atoms with Gasteiger partial charge in [-0.3, -0.25) is 0 Å². The number of aliphatic hydroxyl groups is 1. The molecular weight excluding hydrogens is 240 g/mol. The minimum absolute atomic E-state index is 0.0173. The summed E-state index contributed by atoms with van der Waals surface area (Å²) in [7, 11) is 0. The average molecular weight is 260 g/mol. The number of nitrogens with one attached hydrogen (secondary N) is 2. The molecule has 1 rings (SSSR count). The van der Waals surface area contributed by atoms with Gasteiger partial charge in [-0.05, 0) is 19.8 Å². The van der Waals surface area contributed by atoms with Crippen LogP contribution in [0.2, 0.25) is 0 Å². The van der Waals surface area contributed by atoms with E-state index >= 15 is 0 Å². The van der Waals surface area contributed by atoms with Crippen molar-refractivity contribution in [3.05, 3.63) is 0 Å². The Morgan fingerprint density at radius 1 is 1.44 bits per heavy atom. The first-order valence-corrected chi connectivity index (χ1v) is 5.99. The number of hydrogen-bond donors (Lipinski definition) is 4. The molecule has 1 heterocycles. The fourth-order valence-corrected chi connectivity index (χ4v) is 1.75. The van der Waals surface area contributed by atoms with Crippen molar-refractivity contribution >= 4 is 12.0 Å². The van der Waals surface area contributed by atoms with Crippen LogP contribution in [-0.4, -0.2) is 53.6 Å². The molecule has 1 aliphatic rings. The number of urea groups is 1. The molecule has 18 heavy (non-hydrogen) atoms. The Morgan fingerprint density at radius 2 is 2.17 bits per heavy atom. The van der Waals surface area contributed by atoms with Crippen molar-refractivity contribution in [3.8, 4) is 0 Å². The molecule has 0 saturated carbocycles. The van der Waals surface area contributed by atoms with Gasteiger partial charge >= 0.3 is 12.0 Å². The molecule has 7 nitrogen and oxygen atoms in total. The summed E-state index contributed by atoms with van der Waals surface area (Å²) < 4.78 is 5.50. The number of carboxylic acid groups (broad SMARTS) is 1. The van der Waals surface area contributed by atoms with Crippen molar-refractivity contribution < 1.29 is 24.5 Å². The van der Waals surface area contributed by atoms with Gasteiger partial charge in [0.25, 0.3) is 0 Å². The highest BCUT2D eigenvalue weighted by molar-refractivity contribution is 5.74. The van der Waals surface area contributed by atoms with Crippen molar-refractivity contribution in [3.63, 3.8) is 0 Å². The number of carbonyl (C=O) groups is 2. The Labute approximate surface area is 106 Å². The Balaban J connectivity index is 2.12. The van der Waals surface area contributed by atoms with Gasteiger partial charge in [0.15, 0.2) is 6.10 Å². The van der Waals surface area contributed by atoms with Crippen LogP contribution >= 0.6 is 0 Å². The maximum atomic E-state index is 11.4. The second-order valence-corrected chi connectivity index (χ2v) is 4.65. The first kappa shape index (κ1) is 14.7. The van der Waals surface area contributed by atoms with Crippen LogP contribution in [0.25, 0.3) is 0 Å². The lowest BCUT2D eigenvalue weighted by atomic mass is 10.0. The molecule has 0 aromatic carbocycles. The maximum absolute atomic E-state index is 11.4. The molecule has 7 heteroatoms. The summed E-state index contributed by atoms with van der Waals surface area (Å²) in [4.78, 5) is 21.7. The van der Waals surface area contributed by atoms with E-state index in [9.17, 15) is 9.59 Å². The third kappa shape index (κ3) is 4.89. The molecule has 2 atom stereocenters. The molecule has 0 aromatic heterocycles. The van der Waals surface area contributed by atoms with E-state index in [1.165, 1.54) is 0 Å². The SMILES string of the molecule is CC1(CNC(=O)NCC[C@H](O)C(=O)O)CCCO1. The average Bonchev–Trinajstić information content (AvgIpc) is 2.74. The summed E-state index contributed by atoms with van der Waals surface area (Å²) in [5.41, 5.74) is -0.308. The van der Waals surface area contributed by atoms with Crippen LogP contribution in [0.5, 0.6) is 0 Å². The van der Waals surface area contributed by atoms with Crippen LogP contribution in [-0.2, 0) is 9.53 Å². The van der Waals surface area contributed by atoms with Gasteiger partial charge in [-0.1, -0.05) is 0 Å². The Morgan fingerprint density at radius 3 is 2.72 bits per heavy atom. The molecule has 1 saturated heterocycles. The lowest BCUT2D eigenvalue weighted by Crippen LogP contribution is -2.45. The van der Waals surface area contributed by atoms with Gasteiger partial charge in [0.2, 0.25) is 0 Å². The Bertz CT molecular complexity index is 302. The van der Waals surface area contributed by atoms with Crippen LogP contribution in [0.4, 0.5) is 4.79 Å². The first-order chi connectivity index (χ1) is 8.43. The topological polar surface area (TPSA) is 108 Å².